The average molecular weight is 312 g/mol. The summed E-state index contributed by atoms with van der Waals surface area (Å²) in [5, 5.41) is 3.36. The highest BCUT2D eigenvalue weighted by atomic mass is 16.1. The molecule has 3 N–H and O–H groups in total. The van der Waals surface area contributed by atoms with Gasteiger partial charge >= 0.3 is 0 Å². The predicted molar refractivity (Wildman–Crippen MR) is 93.5 cm³/mol. The van der Waals surface area contributed by atoms with Gasteiger partial charge in [0.2, 0.25) is 0 Å². The molecular weight excluding hydrogens is 288 g/mol. The van der Waals surface area contributed by atoms with Crippen LogP contribution in [0.5, 0.6) is 0 Å². The standard InChI is InChI=1S/C18H24N4O/c1-4-13-5-7-14(8-6-13)17(22(2)3)12-21-15-9-10-20-16(11-15)18(19)23/h5-11,17H,4,12H2,1-3H3,(H2,19,23)(H,20,21). The molecule has 0 aliphatic heterocycles. The van der Waals surface area contributed by atoms with Crippen molar-refractivity contribution in [1.82, 2.24) is 9.88 Å². The number of anilines is 1. The fraction of sp³-hybridized carbons (Fsp3) is 0.333. The number of hydrogen-bond donors (Lipinski definition) is 2. The molecule has 1 amide bonds. The van der Waals surface area contributed by atoms with E-state index in [1.165, 1.54) is 11.1 Å². The maximum absolute atomic E-state index is 11.2. The number of likely N-dealkylation sites (N-methyl/N-ethyl adjacent to an activating group) is 1. The van der Waals surface area contributed by atoms with Crippen molar-refractivity contribution >= 4 is 11.6 Å². The molecule has 1 heterocycles. The van der Waals surface area contributed by atoms with Gasteiger partial charge in [-0.25, -0.2) is 0 Å². The van der Waals surface area contributed by atoms with Crippen molar-refractivity contribution in [2.45, 2.75) is 19.4 Å². The Morgan fingerprint density at radius 2 is 1.96 bits per heavy atom. The number of nitrogens with zero attached hydrogens (tertiary/aromatic N) is 2. The Morgan fingerprint density at radius 1 is 1.26 bits per heavy atom. The fourth-order valence-corrected chi connectivity index (χ4v) is 2.46. The molecule has 0 radical (unpaired) electrons. The molecule has 5 nitrogen and oxygen atoms in total. The van der Waals surface area contributed by atoms with Crippen molar-refractivity contribution in [2.75, 3.05) is 26.0 Å². The van der Waals surface area contributed by atoms with Gasteiger partial charge in [-0.3, -0.25) is 9.78 Å². The second kappa shape index (κ2) is 7.74. The van der Waals surface area contributed by atoms with Crippen LogP contribution in [0.15, 0.2) is 42.6 Å². The van der Waals surface area contributed by atoms with E-state index in [0.717, 1.165) is 18.7 Å². The van der Waals surface area contributed by atoms with Crippen molar-refractivity contribution in [1.29, 1.82) is 0 Å². The third kappa shape index (κ3) is 4.53. The van der Waals surface area contributed by atoms with E-state index in [-0.39, 0.29) is 11.7 Å². The molecule has 122 valence electrons. The molecule has 5 heteroatoms. The zero-order valence-electron chi connectivity index (χ0n) is 13.9. The van der Waals surface area contributed by atoms with Gasteiger partial charge in [0.1, 0.15) is 5.69 Å². The molecule has 1 aromatic heterocycles. The number of hydrogen-bond acceptors (Lipinski definition) is 4. The van der Waals surface area contributed by atoms with E-state index in [0.29, 0.717) is 0 Å². The van der Waals surface area contributed by atoms with Crippen LogP contribution in [-0.4, -0.2) is 36.4 Å². The minimum Gasteiger partial charge on any atom is -0.383 e. The normalized spacial score (nSPS) is 12.2. The quantitative estimate of drug-likeness (QED) is 0.824. The molecule has 0 aliphatic rings. The first kappa shape index (κ1) is 17.0. The van der Waals surface area contributed by atoms with E-state index >= 15 is 0 Å². The lowest BCUT2D eigenvalue weighted by Gasteiger charge is -2.26. The Kier molecular flexibility index (Phi) is 5.71. The summed E-state index contributed by atoms with van der Waals surface area (Å²) in [6.07, 6.45) is 2.63. The highest BCUT2D eigenvalue weighted by Crippen LogP contribution is 2.20. The van der Waals surface area contributed by atoms with Gasteiger partial charge in [-0.15, -0.1) is 0 Å². The van der Waals surface area contributed by atoms with Crippen molar-refractivity contribution in [3.05, 3.63) is 59.4 Å². The van der Waals surface area contributed by atoms with Gasteiger partial charge in [-0.2, -0.15) is 0 Å². The molecule has 0 saturated heterocycles. The molecule has 0 spiro atoms. The third-order valence-electron chi connectivity index (χ3n) is 3.91. The summed E-state index contributed by atoms with van der Waals surface area (Å²) in [5.41, 5.74) is 8.96. The summed E-state index contributed by atoms with van der Waals surface area (Å²) in [6, 6.07) is 12.4. The number of carbonyl (C=O) groups excluding carboxylic acids is 1. The molecule has 1 unspecified atom stereocenters. The zero-order valence-corrected chi connectivity index (χ0v) is 13.9. The minimum atomic E-state index is -0.520. The Bertz CT molecular complexity index is 652. The van der Waals surface area contributed by atoms with Crippen molar-refractivity contribution in [2.24, 2.45) is 5.73 Å². The summed E-state index contributed by atoms with van der Waals surface area (Å²) in [5.74, 6) is -0.520. The molecule has 0 fully saturated rings. The molecule has 0 aliphatic carbocycles. The summed E-state index contributed by atoms with van der Waals surface area (Å²) in [4.78, 5) is 17.3. The molecular formula is C18H24N4O. The topological polar surface area (TPSA) is 71.2 Å². The third-order valence-corrected chi connectivity index (χ3v) is 3.91. The highest BCUT2D eigenvalue weighted by Gasteiger charge is 2.14. The van der Waals surface area contributed by atoms with E-state index in [9.17, 15) is 4.79 Å². The van der Waals surface area contributed by atoms with Crippen LogP contribution >= 0.6 is 0 Å². The monoisotopic (exact) mass is 312 g/mol. The number of pyridine rings is 1. The number of nitrogens with two attached hydrogens (primary N) is 1. The van der Waals surface area contributed by atoms with Gasteiger partial charge in [0, 0.05) is 18.4 Å². The Morgan fingerprint density at radius 3 is 2.52 bits per heavy atom. The summed E-state index contributed by atoms with van der Waals surface area (Å²) < 4.78 is 0. The maximum atomic E-state index is 11.2. The number of primary amides is 1. The molecule has 1 aromatic carbocycles. The molecule has 0 saturated carbocycles. The fourth-order valence-electron chi connectivity index (χ4n) is 2.46. The van der Waals surface area contributed by atoms with E-state index in [2.05, 4.69) is 60.5 Å². The van der Waals surface area contributed by atoms with E-state index in [4.69, 9.17) is 5.73 Å². The van der Waals surface area contributed by atoms with Crippen molar-refractivity contribution in [3.8, 4) is 0 Å². The minimum absolute atomic E-state index is 0.228. The second-order valence-corrected chi connectivity index (χ2v) is 5.75. The number of aromatic nitrogens is 1. The highest BCUT2D eigenvalue weighted by molar-refractivity contribution is 5.91. The SMILES string of the molecule is CCc1ccc(C(CNc2ccnc(C(N)=O)c2)N(C)C)cc1. The number of aryl methyl sites for hydroxylation is 1. The summed E-state index contributed by atoms with van der Waals surface area (Å²) in [7, 11) is 4.11. The van der Waals surface area contributed by atoms with Crippen LogP contribution in [0.2, 0.25) is 0 Å². The van der Waals surface area contributed by atoms with E-state index in [1.54, 1.807) is 12.3 Å². The average Bonchev–Trinajstić information content (AvgIpc) is 2.55. The van der Waals surface area contributed by atoms with Crippen LogP contribution in [0.4, 0.5) is 5.69 Å². The molecule has 1 atom stereocenters. The lowest BCUT2D eigenvalue weighted by atomic mass is 10.0. The smallest absolute Gasteiger partial charge is 0.267 e. The largest absolute Gasteiger partial charge is 0.383 e. The van der Waals surface area contributed by atoms with Crippen LogP contribution in [0.25, 0.3) is 0 Å². The van der Waals surface area contributed by atoms with Gasteiger partial charge in [0.25, 0.3) is 5.91 Å². The van der Waals surface area contributed by atoms with Gasteiger partial charge in [-0.05, 0) is 43.8 Å². The van der Waals surface area contributed by atoms with Gasteiger partial charge in [0.15, 0.2) is 0 Å². The van der Waals surface area contributed by atoms with Crippen LogP contribution in [0.1, 0.15) is 34.6 Å². The molecule has 2 aromatic rings. The number of rotatable bonds is 7. The van der Waals surface area contributed by atoms with Crippen molar-refractivity contribution < 1.29 is 4.79 Å². The molecule has 0 bridgehead atoms. The van der Waals surface area contributed by atoms with E-state index in [1.807, 2.05) is 6.07 Å². The number of benzene rings is 1. The lowest BCUT2D eigenvalue weighted by Crippen LogP contribution is -2.27. The predicted octanol–water partition coefficient (Wildman–Crippen LogP) is 2.46. The zero-order chi connectivity index (χ0) is 16.8. The number of nitrogens with one attached hydrogen (secondary N) is 1. The Hall–Kier alpha value is -2.40. The lowest BCUT2D eigenvalue weighted by molar-refractivity contribution is 0.0995. The van der Waals surface area contributed by atoms with Gasteiger partial charge in [-0.1, -0.05) is 31.2 Å². The van der Waals surface area contributed by atoms with Gasteiger partial charge < -0.3 is 16.0 Å². The first-order chi connectivity index (χ1) is 11.0. The Balaban J connectivity index is 2.10. The number of amides is 1. The Labute approximate surface area is 137 Å². The molecule has 23 heavy (non-hydrogen) atoms. The van der Waals surface area contributed by atoms with Crippen molar-refractivity contribution in [3.63, 3.8) is 0 Å². The van der Waals surface area contributed by atoms with Gasteiger partial charge in [0.05, 0.1) is 6.04 Å². The first-order valence-electron chi connectivity index (χ1n) is 7.76. The first-order valence-corrected chi connectivity index (χ1v) is 7.76. The second-order valence-electron chi connectivity index (χ2n) is 5.75. The van der Waals surface area contributed by atoms with Crippen LogP contribution in [0.3, 0.4) is 0 Å². The van der Waals surface area contributed by atoms with E-state index < -0.39 is 5.91 Å². The summed E-state index contributed by atoms with van der Waals surface area (Å²) in [6.45, 7) is 2.88. The van der Waals surface area contributed by atoms with Crippen LogP contribution < -0.4 is 11.1 Å². The summed E-state index contributed by atoms with van der Waals surface area (Å²) >= 11 is 0. The van der Waals surface area contributed by atoms with Crippen LogP contribution in [0, 0.1) is 0 Å². The number of carbonyl (C=O) groups is 1. The molecule has 2 rings (SSSR count). The maximum Gasteiger partial charge on any atom is 0.267 e. The van der Waals surface area contributed by atoms with Crippen LogP contribution in [-0.2, 0) is 6.42 Å².